The second-order valence-electron chi connectivity index (χ2n) is 7.99. The first-order valence-electron chi connectivity index (χ1n) is 10.9. The average Bonchev–Trinajstić information content (AvgIpc) is 3.07. The highest BCUT2D eigenvalue weighted by Crippen LogP contribution is 2.16. The average molecular weight is 432 g/mol. The van der Waals surface area contributed by atoms with Crippen LogP contribution in [-0.4, -0.2) is 51.3 Å². The molecule has 0 aliphatic carbocycles. The van der Waals surface area contributed by atoms with Gasteiger partial charge >= 0.3 is 0 Å². The Morgan fingerprint density at radius 2 is 1.93 bits per heavy atom. The fourth-order valence-electron chi connectivity index (χ4n) is 3.55. The normalized spacial score (nSPS) is 16.1. The fourth-order valence-corrected chi connectivity index (χ4v) is 3.68. The first-order valence-corrected chi connectivity index (χ1v) is 11.3. The Bertz CT molecular complexity index is 807. The maximum atomic E-state index is 5.99. The van der Waals surface area contributed by atoms with Gasteiger partial charge in [-0.05, 0) is 43.9 Å². The van der Waals surface area contributed by atoms with Crippen LogP contribution in [0.15, 0.2) is 29.3 Å². The zero-order valence-corrected chi connectivity index (χ0v) is 19.1. The minimum absolute atomic E-state index is 0.431. The van der Waals surface area contributed by atoms with E-state index >= 15 is 0 Å². The number of aryl methyl sites for hydroxylation is 1. The van der Waals surface area contributed by atoms with Crippen LogP contribution in [0.3, 0.4) is 0 Å². The van der Waals surface area contributed by atoms with Crippen LogP contribution in [0.4, 0.5) is 0 Å². The van der Waals surface area contributed by atoms with Gasteiger partial charge in [-0.2, -0.15) is 0 Å². The lowest BCUT2D eigenvalue weighted by Gasteiger charge is -2.33. The molecule has 0 unspecified atom stereocenters. The van der Waals surface area contributed by atoms with Crippen LogP contribution in [-0.2, 0) is 20.1 Å². The number of piperidine rings is 1. The van der Waals surface area contributed by atoms with Gasteiger partial charge in [-0.1, -0.05) is 37.1 Å². The monoisotopic (exact) mass is 431 g/mol. The van der Waals surface area contributed by atoms with Gasteiger partial charge < -0.3 is 15.2 Å². The van der Waals surface area contributed by atoms with Crippen molar-refractivity contribution in [3.05, 3.63) is 46.5 Å². The van der Waals surface area contributed by atoms with Gasteiger partial charge in [0.05, 0.1) is 0 Å². The third-order valence-electron chi connectivity index (χ3n) is 5.63. The number of rotatable bonds is 8. The third-order valence-corrected chi connectivity index (χ3v) is 5.88. The summed E-state index contributed by atoms with van der Waals surface area (Å²) in [5, 5.41) is 16.3. The first-order chi connectivity index (χ1) is 14.5. The van der Waals surface area contributed by atoms with Crippen LogP contribution < -0.4 is 10.6 Å². The van der Waals surface area contributed by atoms with Gasteiger partial charge in [0.2, 0.25) is 0 Å². The van der Waals surface area contributed by atoms with Crippen molar-refractivity contribution >= 4 is 17.6 Å². The van der Waals surface area contributed by atoms with Crippen molar-refractivity contribution in [3.8, 4) is 0 Å². The number of halogens is 1. The topological polar surface area (TPSA) is 70.4 Å². The van der Waals surface area contributed by atoms with Crippen LogP contribution in [0, 0.1) is 6.92 Å². The summed E-state index contributed by atoms with van der Waals surface area (Å²) in [5.74, 6) is 2.66. The molecule has 2 aromatic rings. The van der Waals surface area contributed by atoms with Crippen molar-refractivity contribution in [1.29, 1.82) is 0 Å². The first kappa shape index (κ1) is 22.6. The molecule has 1 saturated heterocycles. The molecule has 2 N–H and O–H groups in total. The summed E-state index contributed by atoms with van der Waals surface area (Å²) in [6.07, 6.45) is 4.49. The van der Waals surface area contributed by atoms with Crippen molar-refractivity contribution in [2.75, 3.05) is 19.6 Å². The van der Waals surface area contributed by atoms with Gasteiger partial charge in [0.25, 0.3) is 0 Å². The molecule has 0 atom stereocenters. The standard InChI is InChI=1S/C22H34ClN7/c1-4-5-12-24-22(25-15-21-28-27-17(2)29(21)3)26-20-10-13-30(14-11-20)16-18-6-8-19(23)9-7-18/h6-9,20H,4-5,10-16H2,1-3H3,(H2,24,25,26). The second-order valence-corrected chi connectivity index (χ2v) is 8.43. The molecule has 7 nitrogen and oxygen atoms in total. The number of nitrogens with zero attached hydrogens (tertiary/aromatic N) is 5. The van der Waals surface area contributed by atoms with Crippen LogP contribution in [0.2, 0.25) is 5.02 Å². The van der Waals surface area contributed by atoms with Crippen molar-refractivity contribution in [2.24, 2.45) is 12.0 Å². The van der Waals surface area contributed by atoms with E-state index < -0.39 is 0 Å². The number of likely N-dealkylation sites (tertiary alicyclic amines) is 1. The SMILES string of the molecule is CCCCNC(=NCc1nnc(C)n1C)NC1CCN(Cc2ccc(Cl)cc2)CC1. The lowest BCUT2D eigenvalue weighted by molar-refractivity contribution is 0.198. The zero-order chi connectivity index (χ0) is 21.3. The highest BCUT2D eigenvalue weighted by atomic mass is 35.5. The number of benzene rings is 1. The molecule has 3 rings (SSSR count). The maximum absolute atomic E-state index is 5.99. The molecule has 30 heavy (non-hydrogen) atoms. The molecule has 8 heteroatoms. The summed E-state index contributed by atoms with van der Waals surface area (Å²) in [7, 11) is 1.98. The van der Waals surface area contributed by atoms with Crippen molar-refractivity contribution in [3.63, 3.8) is 0 Å². The molecule has 1 aromatic carbocycles. The van der Waals surface area contributed by atoms with Crippen molar-refractivity contribution in [1.82, 2.24) is 30.3 Å². The van der Waals surface area contributed by atoms with Crippen molar-refractivity contribution in [2.45, 2.75) is 58.7 Å². The number of nitrogens with one attached hydrogen (secondary N) is 2. The number of hydrogen-bond acceptors (Lipinski definition) is 4. The minimum Gasteiger partial charge on any atom is -0.356 e. The summed E-state index contributed by atoms with van der Waals surface area (Å²) in [6, 6.07) is 8.59. The molecule has 1 aliphatic heterocycles. The predicted molar refractivity (Wildman–Crippen MR) is 123 cm³/mol. The Balaban J connectivity index is 1.52. The molecule has 0 radical (unpaired) electrons. The minimum atomic E-state index is 0.431. The Labute approximate surface area is 184 Å². The van der Waals surface area contributed by atoms with E-state index in [1.807, 2.05) is 30.7 Å². The van der Waals surface area contributed by atoms with Gasteiger partial charge in [-0.15, -0.1) is 10.2 Å². The number of aromatic nitrogens is 3. The van der Waals surface area contributed by atoms with Gasteiger partial charge in [0.1, 0.15) is 12.4 Å². The predicted octanol–water partition coefficient (Wildman–Crippen LogP) is 3.28. The number of guanidine groups is 1. The third kappa shape index (κ3) is 6.71. The van der Waals surface area contributed by atoms with Gasteiger partial charge in [-0.25, -0.2) is 4.99 Å². The van der Waals surface area contributed by atoms with E-state index in [0.29, 0.717) is 12.6 Å². The van der Waals surface area contributed by atoms with Gasteiger partial charge in [0, 0.05) is 44.3 Å². The van der Waals surface area contributed by atoms with E-state index in [9.17, 15) is 0 Å². The van der Waals surface area contributed by atoms with Crippen LogP contribution in [0.1, 0.15) is 49.8 Å². The van der Waals surface area contributed by atoms with E-state index in [1.165, 1.54) is 5.56 Å². The Kier molecular flexibility index (Phi) is 8.51. The van der Waals surface area contributed by atoms with E-state index in [4.69, 9.17) is 16.6 Å². The lowest BCUT2D eigenvalue weighted by Crippen LogP contribution is -2.48. The molecular weight excluding hydrogens is 398 g/mol. The van der Waals surface area contributed by atoms with E-state index in [0.717, 1.165) is 74.5 Å². The molecule has 164 valence electrons. The van der Waals surface area contributed by atoms with Gasteiger partial charge in [-0.3, -0.25) is 4.90 Å². The Hall–Kier alpha value is -2.12. The second kappa shape index (κ2) is 11.3. The highest BCUT2D eigenvalue weighted by molar-refractivity contribution is 6.30. The zero-order valence-electron chi connectivity index (χ0n) is 18.4. The molecule has 1 aliphatic rings. The molecule has 0 spiro atoms. The van der Waals surface area contributed by atoms with Crippen LogP contribution >= 0.6 is 11.6 Å². The van der Waals surface area contributed by atoms with Crippen LogP contribution in [0.25, 0.3) is 0 Å². The molecule has 1 aromatic heterocycles. The summed E-state index contributed by atoms with van der Waals surface area (Å²) in [6.45, 7) is 8.73. The van der Waals surface area contributed by atoms with Crippen LogP contribution in [0.5, 0.6) is 0 Å². The van der Waals surface area contributed by atoms with Gasteiger partial charge in [0.15, 0.2) is 11.8 Å². The summed E-state index contributed by atoms with van der Waals surface area (Å²) >= 11 is 5.99. The lowest BCUT2D eigenvalue weighted by atomic mass is 10.0. The smallest absolute Gasteiger partial charge is 0.191 e. The Morgan fingerprint density at radius 1 is 1.20 bits per heavy atom. The van der Waals surface area contributed by atoms with Crippen molar-refractivity contribution < 1.29 is 0 Å². The summed E-state index contributed by atoms with van der Waals surface area (Å²) < 4.78 is 1.99. The van der Waals surface area contributed by atoms with E-state index in [-0.39, 0.29) is 0 Å². The number of hydrogen-bond donors (Lipinski definition) is 2. The summed E-state index contributed by atoms with van der Waals surface area (Å²) in [4.78, 5) is 7.28. The molecule has 0 amide bonds. The van der Waals surface area contributed by atoms with E-state index in [1.54, 1.807) is 0 Å². The molecule has 0 bridgehead atoms. The number of aliphatic imine (C=N–C) groups is 1. The summed E-state index contributed by atoms with van der Waals surface area (Å²) in [5.41, 5.74) is 1.31. The van der Waals surface area contributed by atoms with E-state index in [2.05, 4.69) is 44.8 Å². The molecular formula is C22H34ClN7. The maximum Gasteiger partial charge on any atom is 0.191 e. The fraction of sp³-hybridized carbons (Fsp3) is 0.591. The number of unbranched alkanes of at least 4 members (excludes halogenated alkanes) is 1. The quantitative estimate of drug-likeness (QED) is 0.381. The molecule has 0 saturated carbocycles. The highest BCUT2D eigenvalue weighted by Gasteiger charge is 2.20. The Morgan fingerprint density at radius 3 is 2.57 bits per heavy atom. The molecule has 2 heterocycles. The largest absolute Gasteiger partial charge is 0.356 e. The molecule has 1 fully saturated rings.